The minimum atomic E-state index is -0.0323. The molecule has 3 aromatic heterocycles. The molecule has 4 rings (SSSR count). The molecule has 4 heterocycles. The van der Waals surface area contributed by atoms with Gasteiger partial charge in [-0.2, -0.15) is 4.98 Å². The number of aromatic nitrogens is 3. The van der Waals surface area contributed by atoms with Crippen LogP contribution in [0.1, 0.15) is 22.2 Å². The number of hydrogen-bond acceptors (Lipinski definition) is 6. The van der Waals surface area contributed by atoms with Gasteiger partial charge in [0.1, 0.15) is 0 Å². The summed E-state index contributed by atoms with van der Waals surface area (Å²) in [4.78, 5) is 22.2. The normalized spacial score (nSPS) is 14.8. The fourth-order valence-corrected chi connectivity index (χ4v) is 2.38. The molecular weight excluding hydrogens is 284 g/mol. The second kappa shape index (κ2) is 5.10. The zero-order valence-corrected chi connectivity index (χ0v) is 11.5. The van der Waals surface area contributed by atoms with Crippen LogP contribution in [0.15, 0.2) is 51.9 Å². The van der Waals surface area contributed by atoms with Crippen molar-refractivity contribution in [2.45, 2.75) is 5.92 Å². The smallest absolute Gasteiger partial charge is 0.255 e. The summed E-state index contributed by atoms with van der Waals surface area (Å²) in [5, 5.41) is 3.90. The molecule has 110 valence electrons. The second-order valence-electron chi connectivity index (χ2n) is 5.08. The Balaban J connectivity index is 1.42. The molecule has 3 aromatic rings. The third kappa shape index (κ3) is 2.16. The Labute approximate surface area is 125 Å². The summed E-state index contributed by atoms with van der Waals surface area (Å²) in [6.45, 7) is 1.13. The molecule has 0 radical (unpaired) electrons. The van der Waals surface area contributed by atoms with Crippen molar-refractivity contribution in [3.63, 3.8) is 0 Å². The van der Waals surface area contributed by atoms with Crippen molar-refractivity contribution in [3.05, 3.63) is 54.4 Å². The third-order valence-electron chi connectivity index (χ3n) is 3.61. The number of pyridine rings is 1. The first-order chi connectivity index (χ1) is 10.8. The Bertz CT molecular complexity index is 776. The van der Waals surface area contributed by atoms with Crippen LogP contribution in [0, 0.1) is 0 Å². The number of nitrogens with zero attached hydrogens (tertiary/aromatic N) is 4. The Kier molecular flexibility index (Phi) is 2.96. The average Bonchev–Trinajstić information content (AvgIpc) is 3.17. The van der Waals surface area contributed by atoms with Crippen LogP contribution in [0.25, 0.3) is 11.6 Å². The summed E-state index contributed by atoms with van der Waals surface area (Å²) in [5.41, 5.74) is 0.586. The minimum Gasteiger partial charge on any atom is -0.461 e. The summed E-state index contributed by atoms with van der Waals surface area (Å²) < 4.78 is 10.5. The molecule has 0 N–H and O–H groups in total. The van der Waals surface area contributed by atoms with Crippen LogP contribution < -0.4 is 0 Å². The van der Waals surface area contributed by atoms with Crippen LogP contribution in [0.5, 0.6) is 0 Å². The SMILES string of the molecule is O=C(c1cccnc1)N1CC(c2nc(-c3ccco3)no2)C1. The number of rotatable bonds is 3. The van der Waals surface area contributed by atoms with Crippen molar-refractivity contribution in [1.29, 1.82) is 0 Å². The van der Waals surface area contributed by atoms with Crippen LogP contribution in [-0.4, -0.2) is 39.0 Å². The van der Waals surface area contributed by atoms with E-state index >= 15 is 0 Å². The standard InChI is InChI=1S/C15H12N4O3/c20-15(10-3-1-5-16-7-10)19-8-11(9-19)14-17-13(18-22-14)12-4-2-6-21-12/h1-7,11H,8-9H2. The topological polar surface area (TPSA) is 85.3 Å². The largest absolute Gasteiger partial charge is 0.461 e. The van der Waals surface area contributed by atoms with E-state index in [1.54, 1.807) is 47.8 Å². The summed E-state index contributed by atoms with van der Waals surface area (Å²) >= 11 is 0. The number of hydrogen-bond donors (Lipinski definition) is 0. The molecule has 0 atom stereocenters. The minimum absolute atomic E-state index is 0.0323. The van der Waals surface area contributed by atoms with Gasteiger partial charge in [-0.25, -0.2) is 0 Å². The van der Waals surface area contributed by atoms with Crippen molar-refractivity contribution < 1.29 is 13.7 Å². The van der Waals surface area contributed by atoms with Crippen molar-refractivity contribution in [2.75, 3.05) is 13.1 Å². The maximum atomic E-state index is 12.2. The lowest BCUT2D eigenvalue weighted by Crippen LogP contribution is -2.48. The van der Waals surface area contributed by atoms with E-state index in [0.717, 1.165) is 0 Å². The van der Waals surface area contributed by atoms with Gasteiger partial charge in [-0.15, -0.1) is 0 Å². The van der Waals surface area contributed by atoms with Gasteiger partial charge in [0.25, 0.3) is 5.91 Å². The summed E-state index contributed by atoms with van der Waals surface area (Å²) in [6.07, 6.45) is 4.77. The zero-order chi connectivity index (χ0) is 14.9. The Hall–Kier alpha value is -2.96. The molecule has 0 aromatic carbocycles. The molecule has 1 fully saturated rings. The quantitative estimate of drug-likeness (QED) is 0.734. The third-order valence-corrected chi connectivity index (χ3v) is 3.61. The first kappa shape index (κ1) is 12.8. The molecule has 0 unspecified atom stereocenters. The predicted molar refractivity (Wildman–Crippen MR) is 74.9 cm³/mol. The van der Waals surface area contributed by atoms with Crippen LogP contribution in [-0.2, 0) is 0 Å². The molecule has 0 aliphatic carbocycles. The number of likely N-dealkylation sites (tertiary alicyclic amines) is 1. The fourth-order valence-electron chi connectivity index (χ4n) is 2.38. The monoisotopic (exact) mass is 296 g/mol. The first-order valence-electron chi connectivity index (χ1n) is 6.88. The van der Waals surface area contributed by atoms with E-state index in [-0.39, 0.29) is 11.8 Å². The molecule has 22 heavy (non-hydrogen) atoms. The lowest BCUT2D eigenvalue weighted by atomic mass is 9.99. The first-order valence-corrected chi connectivity index (χ1v) is 6.88. The summed E-state index contributed by atoms with van der Waals surface area (Å²) in [6, 6.07) is 7.04. The molecule has 0 saturated carbocycles. The van der Waals surface area contributed by atoms with Crippen LogP contribution >= 0.6 is 0 Å². The van der Waals surface area contributed by atoms with Gasteiger partial charge in [-0.3, -0.25) is 9.78 Å². The van der Waals surface area contributed by atoms with Crippen molar-refractivity contribution >= 4 is 5.91 Å². The molecule has 1 aliphatic rings. The van der Waals surface area contributed by atoms with E-state index < -0.39 is 0 Å². The molecule has 1 saturated heterocycles. The highest BCUT2D eigenvalue weighted by Gasteiger charge is 2.36. The number of carbonyl (C=O) groups is 1. The lowest BCUT2D eigenvalue weighted by molar-refractivity contribution is 0.0569. The van der Waals surface area contributed by atoms with Crippen LogP contribution in [0.2, 0.25) is 0 Å². The molecule has 1 aliphatic heterocycles. The van der Waals surface area contributed by atoms with Crippen LogP contribution in [0.4, 0.5) is 0 Å². The number of carbonyl (C=O) groups excluding carboxylic acids is 1. The van der Waals surface area contributed by atoms with E-state index in [1.165, 1.54) is 0 Å². The molecule has 7 heteroatoms. The molecule has 0 spiro atoms. The molecule has 1 amide bonds. The number of amides is 1. The molecular formula is C15H12N4O3. The van der Waals surface area contributed by atoms with Crippen molar-refractivity contribution in [3.8, 4) is 11.6 Å². The maximum absolute atomic E-state index is 12.2. The van der Waals surface area contributed by atoms with E-state index in [4.69, 9.17) is 8.94 Å². The van der Waals surface area contributed by atoms with Gasteiger partial charge in [-0.05, 0) is 24.3 Å². The van der Waals surface area contributed by atoms with E-state index in [1.807, 2.05) is 0 Å². The highest BCUT2D eigenvalue weighted by atomic mass is 16.5. The van der Waals surface area contributed by atoms with E-state index in [9.17, 15) is 4.79 Å². The highest BCUT2D eigenvalue weighted by molar-refractivity contribution is 5.94. The van der Waals surface area contributed by atoms with Crippen LogP contribution in [0.3, 0.4) is 0 Å². The van der Waals surface area contributed by atoms with Gasteiger partial charge >= 0.3 is 0 Å². The molecule has 7 nitrogen and oxygen atoms in total. The Morgan fingerprint density at radius 1 is 1.27 bits per heavy atom. The highest BCUT2D eigenvalue weighted by Crippen LogP contribution is 2.28. The van der Waals surface area contributed by atoms with Gasteiger partial charge in [0, 0.05) is 25.5 Å². The van der Waals surface area contributed by atoms with Gasteiger partial charge in [-0.1, -0.05) is 5.16 Å². The number of furan rings is 1. The maximum Gasteiger partial charge on any atom is 0.255 e. The predicted octanol–water partition coefficient (Wildman–Crippen LogP) is 1.96. The Morgan fingerprint density at radius 2 is 2.18 bits per heavy atom. The van der Waals surface area contributed by atoms with Gasteiger partial charge < -0.3 is 13.8 Å². The fraction of sp³-hybridized carbons (Fsp3) is 0.200. The van der Waals surface area contributed by atoms with Crippen molar-refractivity contribution in [1.82, 2.24) is 20.0 Å². The molecule has 0 bridgehead atoms. The average molecular weight is 296 g/mol. The van der Waals surface area contributed by atoms with E-state index in [0.29, 0.717) is 36.1 Å². The lowest BCUT2D eigenvalue weighted by Gasteiger charge is -2.37. The Morgan fingerprint density at radius 3 is 2.91 bits per heavy atom. The van der Waals surface area contributed by atoms with Gasteiger partial charge in [0.15, 0.2) is 5.76 Å². The van der Waals surface area contributed by atoms with Gasteiger partial charge in [0.2, 0.25) is 11.7 Å². The zero-order valence-electron chi connectivity index (χ0n) is 11.5. The summed E-state index contributed by atoms with van der Waals surface area (Å²) in [7, 11) is 0. The summed E-state index contributed by atoms with van der Waals surface area (Å²) in [5.74, 6) is 1.56. The van der Waals surface area contributed by atoms with E-state index in [2.05, 4.69) is 15.1 Å². The van der Waals surface area contributed by atoms with Crippen molar-refractivity contribution in [2.24, 2.45) is 0 Å². The second-order valence-corrected chi connectivity index (χ2v) is 5.08. The van der Waals surface area contributed by atoms with Gasteiger partial charge in [0.05, 0.1) is 17.7 Å².